The van der Waals surface area contributed by atoms with E-state index in [-0.39, 0.29) is 11.3 Å². The van der Waals surface area contributed by atoms with Crippen molar-refractivity contribution < 1.29 is 14.3 Å². The molecule has 0 amide bonds. The fourth-order valence-corrected chi connectivity index (χ4v) is 1.76. The van der Waals surface area contributed by atoms with Crippen LogP contribution in [-0.2, 0) is 0 Å². The first-order chi connectivity index (χ1) is 7.37. The summed E-state index contributed by atoms with van der Waals surface area (Å²) in [5, 5.41) is 9.44. The third-order valence-electron chi connectivity index (χ3n) is 2.16. The van der Waals surface area contributed by atoms with Gasteiger partial charge in [-0.25, -0.2) is 4.39 Å². The fourth-order valence-electron chi connectivity index (χ4n) is 1.38. The predicted molar refractivity (Wildman–Crippen MR) is 66.6 cm³/mol. The Morgan fingerprint density at radius 2 is 1.69 bits per heavy atom. The van der Waals surface area contributed by atoms with Gasteiger partial charge in [-0.05, 0) is 26.3 Å². The van der Waals surface area contributed by atoms with Crippen LogP contribution >= 0.6 is 15.9 Å². The third-order valence-corrected chi connectivity index (χ3v) is 3.35. The van der Waals surface area contributed by atoms with E-state index in [0.717, 1.165) is 0 Å². The average molecular weight is 291 g/mol. The van der Waals surface area contributed by atoms with Crippen LogP contribution < -0.4 is 0 Å². The number of carbonyl (C=O) groups is 1. The monoisotopic (exact) mass is 290 g/mol. The van der Waals surface area contributed by atoms with Crippen molar-refractivity contribution in [3.63, 3.8) is 0 Å². The Bertz CT molecular complexity index is 385. The largest absolute Gasteiger partial charge is 0.504 e. The molecule has 0 unspecified atom stereocenters. The summed E-state index contributed by atoms with van der Waals surface area (Å²) in [6.07, 6.45) is 0. The highest BCUT2D eigenvalue weighted by Gasteiger charge is 2.20. The van der Waals surface area contributed by atoms with Gasteiger partial charge in [-0.15, -0.1) is 0 Å². The van der Waals surface area contributed by atoms with Crippen molar-refractivity contribution >= 4 is 21.7 Å². The minimum atomic E-state index is -0.743. The number of phenols is 1. The molecule has 0 bridgehead atoms. The second-order valence-electron chi connectivity index (χ2n) is 3.16. The Hall–Kier alpha value is -0.900. The maximum Gasteiger partial charge on any atom is 0.169 e. The highest BCUT2D eigenvalue weighted by Crippen LogP contribution is 2.34. The number of phenolic OH excluding ortho intramolecular Hbond substituents is 1. The highest BCUT2D eigenvalue weighted by atomic mass is 79.9. The SMILES string of the molecule is CC.CC(=O)c1c(C)c(Br)c(C)c(F)c1O. The molecule has 0 aliphatic carbocycles. The minimum Gasteiger partial charge on any atom is -0.504 e. The Balaban J connectivity index is 0.00000106. The maximum atomic E-state index is 13.4. The zero-order chi connectivity index (χ0) is 13.0. The first-order valence-corrected chi connectivity index (χ1v) is 5.85. The predicted octanol–water partition coefficient (Wildman–Crippen LogP) is 4.14. The van der Waals surface area contributed by atoms with Crippen LogP contribution in [-0.4, -0.2) is 10.9 Å². The van der Waals surface area contributed by atoms with E-state index in [1.54, 1.807) is 6.92 Å². The number of ketones is 1. The van der Waals surface area contributed by atoms with Crippen LogP contribution in [0.2, 0.25) is 0 Å². The van der Waals surface area contributed by atoms with Gasteiger partial charge in [-0.3, -0.25) is 4.79 Å². The van der Waals surface area contributed by atoms with Crippen molar-refractivity contribution in [3.8, 4) is 5.75 Å². The quantitative estimate of drug-likeness (QED) is 0.790. The summed E-state index contributed by atoms with van der Waals surface area (Å²) in [5.41, 5.74) is 0.916. The van der Waals surface area contributed by atoms with E-state index < -0.39 is 11.6 Å². The number of hydrogen-bond donors (Lipinski definition) is 1. The van der Waals surface area contributed by atoms with E-state index >= 15 is 0 Å². The lowest BCUT2D eigenvalue weighted by atomic mass is 10.0. The summed E-state index contributed by atoms with van der Waals surface area (Å²) >= 11 is 3.18. The molecule has 0 spiro atoms. The van der Waals surface area contributed by atoms with Gasteiger partial charge < -0.3 is 5.11 Å². The lowest BCUT2D eigenvalue weighted by Gasteiger charge is -2.11. The maximum absolute atomic E-state index is 13.4. The van der Waals surface area contributed by atoms with Gasteiger partial charge in [0.15, 0.2) is 17.3 Å². The lowest BCUT2D eigenvalue weighted by molar-refractivity contribution is 0.101. The molecule has 0 saturated heterocycles. The zero-order valence-corrected chi connectivity index (χ0v) is 11.7. The molecule has 0 saturated carbocycles. The van der Waals surface area contributed by atoms with Crippen LogP contribution in [0.5, 0.6) is 5.75 Å². The summed E-state index contributed by atoms with van der Waals surface area (Å²) in [6.45, 7) is 8.49. The van der Waals surface area contributed by atoms with Gasteiger partial charge in [-0.1, -0.05) is 29.8 Å². The van der Waals surface area contributed by atoms with Crippen molar-refractivity contribution in [1.29, 1.82) is 0 Å². The van der Waals surface area contributed by atoms with E-state index in [4.69, 9.17) is 0 Å². The first-order valence-electron chi connectivity index (χ1n) is 5.06. The molecule has 1 aromatic rings. The van der Waals surface area contributed by atoms with Crippen molar-refractivity contribution in [3.05, 3.63) is 27.0 Å². The molecule has 1 N–H and O–H groups in total. The molecule has 0 radical (unpaired) electrons. The molecule has 0 heterocycles. The molecular formula is C12H16BrFO2. The normalized spacial score (nSPS) is 9.44. The highest BCUT2D eigenvalue weighted by molar-refractivity contribution is 9.10. The number of Topliss-reactive ketones (excluding diaryl/α,β-unsaturated/α-hetero) is 1. The van der Waals surface area contributed by atoms with Crippen LogP contribution in [0.1, 0.15) is 42.3 Å². The van der Waals surface area contributed by atoms with Crippen molar-refractivity contribution in [1.82, 2.24) is 0 Å². The van der Waals surface area contributed by atoms with Crippen molar-refractivity contribution in [2.45, 2.75) is 34.6 Å². The van der Waals surface area contributed by atoms with Crippen molar-refractivity contribution in [2.75, 3.05) is 0 Å². The zero-order valence-electron chi connectivity index (χ0n) is 10.1. The number of benzene rings is 1. The van der Waals surface area contributed by atoms with Crippen LogP contribution in [0.15, 0.2) is 4.47 Å². The van der Waals surface area contributed by atoms with E-state index in [2.05, 4.69) is 15.9 Å². The molecular weight excluding hydrogens is 275 g/mol. The van der Waals surface area contributed by atoms with Gasteiger partial charge in [0.2, 0.25) is 0 Å². The summed E-state index contributed by atoms with van der Waals surface area (Å²) in [4.78, 5) is 11.2. The van der Waals surface area contributed by atoms with Gasteiger partial charge in [0, 0.05) is 10.0 Å². The van der Waals surface area contributed by atoms with Gasteiger partial charge in [0.25, 0.3) is 0 Å². The summed E-state index contributed by atoms with van der Waals surface area (Å²) in [7, 11) is 0. The number of hydrogen-bond acceptors (Lipinski definition) is 2. The van der Waals surface area contributed by atoms with Gasteiger partial charge in [0.1, 0.15) is 0 Å². The lowest BCUT2D eigenvalue weighted by Crippen LogP contribution is -2.02. The average Bonchev–Trinajstić information content (AvgIpc) is 2.26. The molecule has 2 nitrogen and oxygen atoms in total. The summed E-state index contributed by atoms with van der Waals surface area (Å²) in [5.74, 6) is -1.65. The minimum absolute atomic E-state index is 0.0416. The second kappa shape index (κ2) is 5.99. The number of aromatic hydroxyl groups is 1. The molecule has 0 aromatic heterocycles. The Morgan fingerprint density at radius 1 is 1.25 bits per heavy atom. The molecule has 1 rings (SSSR count). The molecule has 0 atom stereocenters. The second-order valence-corrected chi connectivity index (χ2v) is 3.95. The van der Waals surface area contributed by atoms with E-state index in [0.29, 0.717) is 15.6 Å². The van der Waals surface area contributed by atoms with Gasteiger partial charge in [0.05, 0.1) is 5.56 Å². The molecule has 16 heavy (non-hydrogen) atoms. The number of halogens is 2. The van der Waals surface area contributed by atoms with E-state index in [1.165, 1.54) is 13.8 Å². The molecule has 4 heteroatoms. The van der Waals surface area contributed by atoms with Gasteiger partial charge in [-0.2, -0.15) is 0 Å². The molecule has 0 aliphatic heterocycles. The van der Waals surface area contributed by atoms with Crippen LogP contribution in [0, 0.1) is 19.7 Å². The number of carbonyl (C=O) groups excluding carboxylic acids is 1. The molecule has 90 valence electrons. The standard InChI is InChI=1S/C10H10BrFO2.C2H6/c1-4-7(6(3)13)10(14)9(12)5(2)8(4)11;1-2/h14H,1-3H3;1-2H3. The third kappa shape index (κ3) is 2.61. The van der Waals surface area contributed by atoms with Crippen LogP contribution in [0.25, 0.3) is 0 Å². The summed E-state index contributed by atoms with van der Waals surface area (Å²) in [6, 6.07) is 0. The van der Waals surface area contributed by atoms with Gasteiger partial charge >= 0.3 is 0 Å². The van der Waals surface area contributed by atoms with E-state index in [1.807, 2.05) is 13.8 Å². The molecule has 0 aliphatic rings. The first kappa shape index (κ1) is 15.1. The Morgan fingerprint density at radius 3 is 2.06 bits per heavy atom. The topological polar surface area (TPSA) is 37.3 Å². The Kier molecular flexibility index (Phi) is 5.65. The molecule has 0 fully saturated rings. The Labute approximate surface area is 104 Å². The smallest absolute Gasteiger partial charge is 0.169 e. The summed E-state index contributed by atoms with van der Waals surface area (Å²) < 4.78 is 13.9. The number of rotatable bonds is 1. The van der Waals surface area contributed by atoms with Crippen LogP contribution in [0.4, 0.5) is 4.39 Å². The fraction of sp³-hybridized carbons (Fsp3) is 0.417. The van der Waals surface area contributed by atoms with E-state index in [9.17, 15) is 14.3 Å². The molecule has 1 aromatic carbocycles. The van der Waals surface area contributed by atoms with Crippen molar-refractivity contribution in [2.24, 2.45) is 0 Å². The van der Waals surface area contributed by atoms with Crippen LogP contribution in [0.3, 0.4) is 0 Å².